The second-order valence-corrected chi connectivity index (χ2v) is 3.53. The van der Waals surface area contributed by atoms with Gasteiger partial charge < -0.3 is 10.6 Å². The van der Waals surface area contributed by atoms with Crippen molar-refractivity contribution in [2.24, 2.45) is 0 Å². The van der Waals surface area contributed by atoms with Gasteiger partial charge in [-0.2, -0.15) is 0 Å². The molecule has 1 aromatic rings. The Morgan fingerprint density at radius 2 is 2.33 bits per heavy atom. The monoisotopic (exact) mass is 207 g/mol. The Morgan fingerprint density at radius 1 is 1.60 bits per heavy atom. The predicted molar refractivity (Wildman–Crippen MR) is 59.3 cm³/mol. The molecule has 0 aliphatic carbocycles. The molecule has 0 radical (unpaired) electrons. The van der Waals surface area contributed by atoms with E-state index in [2.05, 4.69) is 15.6 Å². The molecule has 0 bridgehead atoms. The first-order valence-corrected chi connectivity index (χ1v) is 4.99. The molecule has 1 heterocycles. The summed E-state index contributed by atoms with van der Waals surface area (Å²) in [6.07, 6.45) is 3.53. The van der Waals surface area contributed by atoms with Crippen molar-refractivity contribution in [1.82, 2.24) is 15.6 Å². The molecular formula is C11H17N3O. The van der Waals surface area contributed by atoms with E-state index in [9.17, 15) is 4.79 Å². The van der Waals surface area contributed by atoms with Gasteiger partial charge in [0, 0.05) is 18.9 Å². The first-order valence-electron chi connectivity index (χ1n) is 4.99. The Hall–Kier alpha value is -1.42. The topological polar surface area (TPSA) is 54.0 Å². The molecule has 0 aliphatic rings. The number of carbonyl (C=O) groups excluding carboxylic acids is 1. The Bertz CT molecular complexity index is 338. The zero-order valence-corrected chi connectivity index (χ0v) is 9.37. The summed E-state index contributed by atoms with van der Waals surface area (Å²) in [7, 11) is 1.77. The van der Waals surface area contributed by atoms with Crippen LogP contribution < -0.4 is 10.6 Å². The number of hydrogen-bond donors (Lipinski definition) is 2. The lowest BCUT2D eigenvalue weighted by atomic mass is 10.1. The average Bonchev–Trinajstić information content (AvgIpc) is 2.26. The van der Waals surface area contributed by atoms with Gasteiger partial charge in [-0.25, -0.2) is 0 Å². The number of likely N-dealkylation sites (N-methyl/N-ethyl adjacent to an activating group) is 1. The fourth-order valence-electron chi connectivity index (χ4n) is 1.17. The molecule has 1 rings (SSSR count). The smallest absolute Gasteiger partial charge is 0.237 e. The highest BCUT2D eigenvalue weighted by Gasteiger charge is 2.09. The molecule has 0 aromatic carbocycles. The normalized spacial score (nSPS) is 12.2. The summed E-state index contributed by atoms with van der Waals surface area (Å²) in [6, 6.07) is 1.76. The van der Waals surface area contributed by atoms with Gasteiger partial charge in [-0.15, -0.1) is 0 Å². The van der Waals surface area contributed by atoms with Gasteiger partial charge in [-0.05, 0) is 38.1 Å². The molecule has 0 spiro atoms. The maximum Gasteiger partial charge on any atom is 0.237 e. The van der Waals surface area contributed by atoms with Crippen molar-refractivity contribution in [1.29, 1.82) is 0 Å². The van der Waals surface area contributed by atoms with E-state index in [1.54, 1.807) is 19.4 Å². The second kappa shape index (κ2) is 5.46. The van der Waals surface area contributed by atoms with Crippen LogP contribution in [0.15, 0.2) is 18.5 Å². The Balaban J connectivity index is 2.51. The highest BCUT2D eigenvalue weighted by Crippen LogP contribution is 2.03. The van der Waals surface area contributed by atoms with Gasteiger partial charge in [0.2, 0.25) is 5.91 Å². The molecule has 15 heavy (non-hydrogen) atoms. The van der Waals surface area contributed by atoms with E-state index in [0.717, 1.165) is 11.1 Å². The molecular weight excluding hydrogens is 190 g/mol. The van der Waals surface area contributed by atoms with Crippen molar-refractivity contribution < 1.29 is 4.79 Å². The van der Waals surface area contributed by atoms with Gasteiger partial charge in [0.1, 0.15) is 0 Å². The van der Waals surface area contributed by atoms with Gasteiger partial charge in [0.15, 0.2) is 0 Å². The predicted octanol–water partition coefficient (Wildman–Crippen LogP) is 0.614. The zero-order valence-electron chi connectivity index (χ0n) is 9.37. The summed E-state index contributed by atoms with van der Waals surface area (Å²) >= 11 is 0. The molecule has 0 saturated heterocycles. The average molecular weight is 207 g/mol. The Morgan fingerprint density at radius 3 is 2.93 bits per heavy atom. The maximum absolute atomic E-state index is 11.5. The van der Waals surface area contributed by atoms with Crippen LogP contribution in [0.1, 0.15) is 18.1 Å². The third-order valence-corrected chi connectivity index (χ3v) is 2.42. The van der Waals surface area contributed by atoms with Crippen molar-refractivity contribution in [3.63, 3.8) is 0 Å². The van der Waals surface area contributed by atoms with E-state index in [4.69, 9.17) is 0 Å². The molecule has 1 atom stereocenters. The number of aromatic nitrogens is 1. The van der Waals surface area contributed by atoms with Crippen LogP contribution in [-0.4, -0.2) is 24.0 Å². The quantitative estimate of drug-likeness (QED) is 0.760. The standard InChI is InChI=1S/C11H17N3O/c1-8-6-13-5-4-10(8)7-14-11(15)9(2)12-3/h4-6,9,12H,7H2,1-3H3,(H,14,15). The molecule has 82 valence electrons. The number of pyridine rings is 1. The van der Waals surface area contributed by atoms with E-state index >= 15 is 0 Å². The van der Waals surface area contributed by atoms with Crippen molar-refractivity contribution >= 4 is 5.91 Å². The largest absolute Gasteiger partial charge is 0.351 e. The van der Waals surface area contributed by atoms with Crippen molar-refractivity contribution in [3.05, 3.63) is 29.6 Å². The van der Waals surface area contributed by atoms with Crippen molar-refractivity contribution in [2.45, 2.75) is 26.4 Å². The van der Waals surface area contributed by atoms with Gasteiger partial charge in [0.05, 0.1) is 6.04 Å². The van der Waals surface area contributed by atoms with E-state index in [0.29, 0.717) is 6.54 Å². The molecule has 4 nitrogen and oxygen atoms in total. The van der Waals surface area contributed by atoms with Crippen LogP contribution >= 0.6 is 0 Å². The minimum atomic E-state index is -0.160. The SMILES string of the molecule is CNC(C)C(=O)NCc1ccncc1C. The molecule has 2 N–H and O–H groups in total. The number of hydrogen-bond acceptors (Lipinski definition) is 3. The lowest BCUT2D eigenvalue weighted by Crippen LogP contribution is -2.40. The maximum atomic E-state index is 11.5. The third kappa shape index (κ3) is 3.32. The van der Waals surface area contributed by atoms with Crippen molar-refractivity contribution in [3.8, 4) is 0 Å². The van der Waals surface area contributed by atoms with Gasteiger partial charge in [0.25, 0.3) is 0 Å². The second-order valence-electron chi connectivity index (χ2n) is 3.53. The van der Waals surface area contributed by atoms with Gasteiger partial charge in [-0.1, -0.05) is 0 Å². The highest BCUT2D eigenvalue weighted by molar-refractivity contribution is 5.81. The van der Waals surface area contributed by atoms with Gasteiger partial charge >= 0.3 is 0 Å². The fraction of sp³-hybridized carbons (Fsp3) is 0.455. The van der Waals surface area contributed by atoms with E-state index in [1.165, 1.54) is 0 Å². The number of nitrogens with one attached hydrogen (secondary N) is 2. The van der Waals surface area contributed by atoms with Crippen LogP contribution in [0, 0.1) is 6.92 Å². The summed E-state index contributed by atoms with van der Waals surface area (Å²) in [5, 5.41) is 5.75. The van der Waals surface area contributed by atoms with Crippen LogP contribution in [0.5, 0.6) is 0 Å². The number of amides is 1. The van der Waals surface area contributed by atoms with Gasteiger partial charge in [-0.3, -0.25) is 9.78 Å². The molecule has 0 aliphatic heterocycles. The lowest BCUT2D eigenvalue weighted by molar-refractivity contribution is -0.122. The molecule has 1 aromatic heterocycles. The molecule has 4 heteroatoms. The first kappa shape index (κ1) is 11.7. The zero-order chi connectivity index (χ0) is 11.3. The van der Waals surface area contributed by atoms with Crippen LogP contribution in [-0.2, 0) is 11.3 Å². The summed E-state index contributed by atoms with van der Waals surface area (Å²) in [4.78, 5) is 15.5. The summed E-state index contributed by atoms with van der Waals surface area (Å²) in [6.45, 7) is 4.37. The lowest BCUT2D eigenvalue weighted by Gasteiger charge is -2.11. The number of rotatable bonds is 4. The number of carbonyl (C=O) groups is 1. The molecule has 1 unspecified atom stereocenters. The van der Waals surface area contributed by atoms with Crippen LogP contribution in [0.3, 0.4) is 0 Å². The highest BCUT2D eigenvalue weighted by atomic mass is 16.2. The van der Waals surface area contributed by atoms with Crippen LogP contribution in [0.2, 0.25) is 0 Å². The minimum Gasteiger partial charge on any atom is -0.351 e. The first-order chi connectivity index (χ1) is 7.15. The minimum absolute atomic E-state index is 0.00807. The summed E-state index contributed by atoms with van der Waals surface area (Å²) < 4.78 is 0. The third-order valence-electron chi connectivity index (χ3n) is 2.42. The summed E-state index contributed by atoms with van der Waals surface area (Å²) in [5.74, 6) is 0.00807. The fourth-order valence-corrected chi connectivity index (χ4v) is 1.17. The van der Waals surface area contributed by atoms with Crippen LogP contribution in [0.4, 0.5) is 0 Å². The summed E-state index contributed by atoms with van der Waals surface area (Å²) in [5.41, 5.74) is 2.19. The van der Waals surface area contributed by atoms with E-state index < -0.39 is 0 Å². The van der Waals surface area contributed by atoms with Crippen LogP contribution in [0.25, 0.3) is 0 Å². The molecule has 1 amide bonds. The Kier molecular flexibility index (Phi) is 4.24. The van der Waals surface area contributed by atoms with E-state index in [-0.39, 0.29) is 11.9 Å². The van der Waals surface area contributed by atoms with E-state index in [1.807, 2.05) is 19.9 Å². The number of aryl methyl sites for hydroxylation is 1. The Labute approximate surface area is 90.1 Å². The van der Waals surface area contributed by atoms with Crippen molar-refractivity contribution in [2.75, 3.05) is 7.05 Å². The molecule has 0 saturated carbocycles. The molecule has 0 fully saturated rings. The number of nitrogens with zero attached hydrogens (tertiary/aromatic N) is 1.